The average molecular weight is 451 g/mol. The van der Waals surface area contributed by atoms with Crippen LogP contribution < -0.4 is 10.2 Å². The van der Waals surface area contributed by atoms with E-state index in [1.807, 2.05) is 74.5 Å². The van der Waals surface area contributed by atoms with Crippen LogP contribution in [0, 0.1) is 13.8 Å². The minimum atomic E-state index is -0.143. The first-order valence-corrected chi connectivity index (χ1v) is 10.1. The van der Waals surface area contributed by atoms with Gasteiger partial charge in [0.2, 0.25) is 5.91 Å². The zero-order valence-electron chi connectivity index (χ0n) is 16.5. The number of rotatable bonds is 7. The molecule has 0 saturated carbocycles. The second-order valence-electron chi connectivity index (χ2n) is 6.89. The largest absolute Gasteiger partial charge is 0.489 e. The SMILES string of the molecule is Cc1ccc(CC(=O)N/N=C/c2cccc(OCc3ccc(Br)cc3)c2)c(C)c1. The average Bonchev–Trinajstić information content (AvgIpc) is 2.70. The summed E-state index contributed by atoms with van der Waals surface area (Å²) in [6.45, 7) is 4.54. The van der Waals surface area contributed by atoms with Gasteiger partial charge in [-0.3, -0.25) is 4.79 Å². The molecule has 4 nitrogen and oxygen atoms in total. The maximum Gasteiger partial charge on any atom is 0.244 e. The fourth-order valence-electron chi connectivity index (χ4n) is 2.87. The Hall–Kier alpha value is -2.92. The smallest absolute Gasteiger partial charge is 0.244 e. The lowest BCUT2D eigenvalue weighted by molar-refractivity contribution is -0.120. The normalized spacial score (nSPS) is 10.9. The molecule has 0 aliphatic carbocycles. The van der Waals surface area contributed by atoms with Gasteiger partial charge < -0.3 is 4.74 Å². The number of carbonyl (C=O) groups is 1. The Labute approximate surface area is 179 Å². The zero-order chi connectivity index (χ0) is 20.6. The molecule has 0 unspecified atom stereocenters. The maximum atomic E-state index is 12.1. The fourth-order valence-corrected chi connectivity index (χ4v) is 3.13. The van der Waals surface area contributed by atoms with E-state index in [2.05, 4.69) is 32.5 Å². The first-order chi connectivity index (χ1) is 14.0. The predicted octanol–water partition coefficient (Wildman–Crippen LogP) is 5.34. The van der Waals surface area contributed by atoms with Crippen molar-refractivity contribution in [1.82, 2.24) is 5.43 Å². The summed E-state index contributed by atoms with van der Waals surface area (Å²) < 4.78 is 6.88. The summed E-state index contributed by atoms with van der Waals surface area (Å²) in [6.07, 6.45) is 1.92. The van der Waals surface area contributed by atoms with Crippen molar-refractivity contribution in [2.24, 2.45) is 5.10 Å². The van der Waals surface area contributed by atoms with Crippen LogP contribution in [0.3, 0.4) is 0 Å². The molecule has 0 heterocycles. The van der Waals surface area contributed by atoms with Gasteiger partial charge in [0.1, 0.15) is 12.4 Å². The van der Waals surface area contributed by atoms with Crippen molar-refractivity contribution in [3.63, 3.8) is 0 Å². The number of nitrogens with zero attached hydrogens (tertiary/aromatic N) is 1. The molecule has 0 aliphatic heterocycles. The van der Waals surface area contributed by atoms with Gasteiger partial charge in [-0.15, -0.1) is 0 Å². The van der Waals surface area contributed by atoms with Crippen molar-refractivity contribution in [1.29, 1.82) is 0 Å². The Balaban J connectivity index is 1.53. The van der Waals surface area contributed by atoms with Crippen LogP contribution in [0.25, 0.3) is 0 Å². The summed E-state index contributed by atoms with van der Waals surface area (Å²) >= 11 is 3.42. The van der Waals surface area contributed by atoms with Crippen molar-refractivity contribution in [3.05, 3.63) is 99.0 Å². The summed E-state index contributed by atoms with van der Waals surface area (Å²) in [5.41, 5.74) is 7.83. The van der Waals surface area contributed by atoms with Gasteiger partial charge in [0.05, 0.1) is 12.6 Å². The van der Waals surface area contributed by atoms with Crippen LogP contribution in [-0.4, -0.2) is 12.1 Å². The molecular formula is C24H23BrN2O2. The van der Waals surface area contributed by atoms with E-state index in [0.29, 0.717) is 13.0 Å². The van der Waals surface area contributed by atoms with Crippen LogP contribution in [0.1, 0.15) is 27.8 Å². The van der Waals surface area contributed by atoms with Crippen LogP contribution in [-0.2, 0) is 17.8 Å². The molecule has 3 aromatic rings. The number of aryl methyl sites for hydroxylation is 2. The molecular weight excluding hydrogens is 428 g/mol. The molecule has 0 aromatic heterocycles. The van der Waals surface area contributed by atoms with Crippen LogP contribution >= 0.6 is 15.9 Å². The second-order valence-corrected chi connectivity index (χ2v) is 7.80. The van der Waals surface area contributed by atoms with Gasteiger partial charge in [0.15, 0.2) is 0 Å². The highest BCUT2D eigenvalue weighted by molar-refractivity contribution is 9.10. The zero-order valence-corrected chi connectivity index (χ0v) is 18.1. The third-order valence-electron chi connectivity index (χ3n) is 4.43. The van der Waals surface area contributed by atoms with Crippen LogP contribution in [0.5, 0.6) is 5.75 Å². The Bertz CT molecular complexity index is 1010. The molecule has 0 saturated heterocycles. The van der Waals surface area contributed by atoms with E-state index >= 15 is 0 Å². The van der Waals surface area contributed by atoms with Gasteiger partial charge in [-0.05, 0) is 60.4 Å². The number of hydrogen-bond donors (Lipinski definition) is 1. The highest BCUT2D eigenvalue weighted by Gasteiger charge is 2.05. The molecule has 1 amide bonds. The van der Waals surface area contributed by atoms with Gasteiger partial charge in [-0.25, -0.2) is 5.43 Å². The number of hydrogen-bond acceptors (Lipinski definition) is 3. The number of hydrazone groups is 1. The Kier molecular flexibility index (Phi) is 7.19. The molecule has 0 radical (unpaired) electrons. The predicted molar refractivity (Wildman–Crippen MR) is 120 cm³/mol. The van der Waals surface area contributed by atoms with E-state index in [1.54, 1.807) is 6.21 Å². The number of ether oxygens (including phenoxy) is 1. The Morgan fingerprint density at radius 1 is 1.07 bits per heavy atom. The van der Waals surface area contributed by atoms with Crippen LogP contribution in [0.2, 0.25) is 0 Å². The molecule has 3 aromatic carbocycles. The highest BCUT2D eigenvalue weighted by Crippen LogP contribution is 2.16. The van der Waals surface area contributed by atoms with E-state index in [-0.39, 0.29) is 5.91 Å². The first-order valence-electron chi connectivity index (χ1n) is 9.35. The minimum absolute atomic E-state index is 0.143. The standard InChI is InChI=1S/C24H23BrN2O2/c1-17-6-9-21(18(2)12-17)14-24(28)27-26-15-20-4-3-5-23(13-20)29-16-19-7-10-22(25)11-8-19/h3-13,15H,14,16H2,1-2H3,(H,27,28)/b26-15+. The van der Waals surface area contributed by atoms with Crippen molar-refractivity contribution in [2.45, 2.75) is 26.9 Å². The van der Waals surface area contributed by atoms with E-state index in [0.717, 1.165) is 32.5 Å². The second kappa shape index (κ2) is 10.0. The van der Waals surface area contributed by atoms with Gasteiger partial charge in [0.25, 0.3) is 0 Å². The van der Waals surface area contributed by atoms with E-state index < -0.39 is 0 Å². The third-order valence-corrected chi connectivity index (χ3v) is 4.96. The summed E-state index contributed by atoms with van der Waals surface area (Å²) in [5.74, 6) is 0.606. The van der Waals surface area contributed by atoms with Crippen LogP contribution in [0.4, 0.5) is 0 Å². The third kappa shape index (κ3) is 6.57. The van der Waals surface area contributed by atoms with Gasteiger partial charge in [0, 0.05) is 4.47 Å². The molecule has 0 spiro atoms. The van der Waals surface area contributed by atoms with Crippen molar-refractivity contribution in [3.8, 4) is 5.75 Å². The molecule has 29 heavy (non-hydrogen) atoms. The van der Waals surface area contributed by atoms with E-state index in [4.69, 9.17) is 4.74 Å². The maximum absolute atomic E-state index is 12.1. The summed E-state index contributed by atoms with van der Waals surface area (Å²) in [4.78, 5) is 12.1. The number of carbonyl (C=O) groups excluding carboxylic acids is 1. The molecule has 0 atom stereocenters. The number of halogens is 1. The number of nitrogens with one attached hydrogen (secondary N) is 1. The van der Waals surface area contributed by atoms with Gasteiger partial charge in [-0.1, -0.05) is 64.0 Å². The van der Waals surface area contributed by atoms with Crippen LogP contribution in [0.15, 0.2) is 76.3 Å². The van der Waals surface area contributed by atoms with Crippen molar-refractivity contribution in [2.75, 3.05) is 0 Å². The lowest BCUT2D eigenvalue weighted by atomic mass is 10.0. The quantitative estimate of drug-likeness (QED) is 0.390. The fraction of sp³-hybridized carbons (Fsp3) is 0.167. The van der Waals surface area contributed by atoms with Gasteiger partial charge in [-0.2, -0.15) is 5.10 Å². The molecule has 148 valence electrons. The van der Waals surface area contributed by atoms with E-state index in [1.165, 1.54) is 5.56 Å². The number of benzene rings is 3. The Morgan fingerprint density at radius 3 is 2.62 bits per heavy atom. The minimum Gasteiger partial charge on any atom is -0.489 e. The molecule has 3 rings (SSSR count). The summed E-state index contributed by atoms with van der Waals surface area (Å²) in [6, 6.07) is 21.7. The van der Waals surface area contributed by atoms with Crippen molar-refractivity contribution >= 4 is 28.1 Å². The molecule has 5 heteroatoms. The Morgan fingerprint density at radius 2 is 1.86 bits per heavy atom. The monoisotopic (exact) mass is 450 g/mol. The topological polar surface area (TPSA) is 50.7 Å². The number of amides is 1. The molecule has 1 N–H and O–H groups in total. The summed E-state index contributed by atoms with van der Waals surface area (Å²) in [5, 5.41) is 4.07. The summed E-state index contributed by atoms with van der Waals surface area (Å²) in [7, 11) is 0. The molecule has 0 aliphatic rings. The first kappa shape index (κ1) is 20.8. The van der Waals surface area contributed by atoms with Crippen molar-refractivity contribution < 1.29 is 9.53 Å². The lowest BCUT2D eigenvalue weighted by Crippen LogP contribution is -2.20. The van der Waals surface area contributed by atoms with Gasteiger partial charge >= 0.3 is 0 Å². The highest BCUT2D eigenvalue weighted by atomic mass is 79.9. The molecule has 0 bridgehead atoms. The van der Waals surface area contributed by atoms with E-state index in [9.17, 15) is 4.79 Å². The molecule has 0 fully saturated rings. The lowest BCUT2D eigenvalue weighted by Gasteiger charge is -2.07.